The molecule has 0 aliphatic rings. The van der Waals surface area contributed by atoms with E-state index in [9.17, 15) is 4.39 Å². The second-order valence-electron chi connectivity index (χ2n) is 4.22. The Morgan fingerprint density at radius 2 is 1.89 bits per heavy atom. The third-order valence-electron chi connectivity index (χ3n) is 2.74. The molecule has 0 aliphatic heterocycles. The number of aromatic nitrogens is 2. The largest absolute Gasteiger partial charge is 0.370 e. The molecule has 2 rings (SSSR count). The Morgan fingerprint density at radius 3 is 2.53 bits per heavy atom. The van der Waals surface area contributed by atoms with E-state index in [4.69, 9.17) is 0 Å². The number of benzene rings is 1. The first-order valence-corrected chi connectivity index (χ1v) is 6.19. The summed E-state index contributed by atoms with van der Waals surface area (Å²) < 4.78 is 12.9. The van der Waals surface area contributed by atoms with Gasteiger partial charge in [0.05, 0.1) is 0 Å². The molecule has 0 radical (unpaired) electrons. The summed E-state index contributed by atoms with van der Waals surface area (Å²) in [5.74, 6) is 2.01. The number of hydrogen-bond acceptors (Lipinski definition) is 4. The monoisotopic (exact) mass is 260 g/mol. The van der Waals surface area contributed by atoms with Gasteiger partial charge in [0.15, 0.2) is 0 Å². The van der Waals surface area contributed by atoms with Crippen LogP contribution < -0.4 is 10.2 Å². The lowest BCUT2D eigenvalue weighted by atomic mass is 10.3. The quantitative estimate of drug-likeness (QED) is 0.917. The minimum absolute atomic E-state index is 0.246. The normalized spacial score (nSPS) is 10.3. The fourth-order valence-corrected chi connectivity index (χ4v) is 1.79. The Kier molecular flexibility index (Phi) is 3.94. The molecule has 5 heteroatoms. The molecule has 1 aromatic carbocycles. The molecular weight excluding hydrogens is 243 g/mol. The first kappa shape index (κ1) is 13.3. The van der Waals surface area contributed by atoms with Gasteiger partial charge in [-0.2, -0.15) is 0 Å². The molecule has 0 amide bonds. The van der Waals surface area contributed by atoms with Crippen molar-refractivity contribution in [1.29, 1.82) is 0 Å². The number of aryl methyl sites for hydroxylation is 1. The number of nitrogens with one attached hydrogen (secondary N) is 1. The first-order chi connectivity index (χ1) is 9.10. The van der Waals surface area contributed by atoms with Crippen LogP contribution in [0.15, 0.2) is 30.3 Å². The van der Waals surface area contributed by atoms with Crippen molar-refractivity contribution in [1.82, 2.24) is 9.97 Å². The second kappa shape index (κ2) is 5.65. The average Bonchev–Trinajstić information content (AvgIpc) is 2.38. The number of nitrogens with zero attached hydrogens (tertiary/aromatic N) is 3. The molecule has 0 saturated carbocycles. The van der Waals surface area contributed by atoms with E-state index in [1.807, 2.05) is 31.9 Å². The minimum Gasteiger partial charge on any atom is -0.370 e. The van der Waals surface area contributed by atoms with Crippen molar-refractivity contribution in [2.75, 3.05) is 23.8 Å². The van der Waals surface area contributed by atoms with Crippen LogP contribution in [0.1, 0.15) is 12.7 Å². The van der Waals surface area contributed by atoms with Crippen molar-refractivity contribution in [3.8, 4) is 0 Å². The van der Waals surface area contributed by atoms with E-state index in [0.29, 0.717) is 5.82 Å². The zero-order valence-corrected chi connectivity index (χ0v) is 11.3. The molecule has 100 valence electrons. The smallest absolute Gasteiger partial charge is 0.138 e. The third-order valence-corrected chi connectivity index (χ3v) is 2.74. The molecule has 0 fully saturated rings. The zero-order valence-electron chi connectivity index (χ0n) is 11.3. The molecule has 2 aromatic rings. The number of halogens is 1. The van der Waals surface area contributed by atoms with Crippen LogP contribution in [0, 0.1) is 12.7 Å². The highest BCUT2D eigenvalue weighted by Crippen LogP contribution is 2.23. The summed E-state index contributed by atoms with van der Waals surface area (Å²) in [6, 6.07) is 8.19. The van der Waals surface area contributed by atoms with E-state index < -0.39 is 0 Å². The van der Waals surface area contributed by atoms with Gasteiger partial charge in [0.2, 0.25) is 0 Å². The fourth-order valence-electron chi connectivity index (χ4n) is 1.79. The first-order valence-electron chi connectivity index (χ1n) is 6.19. The molecule has 1 N–H and O–H groups in total. The van der Waals surface area contributed by atoms with Gasteiger partial charge in [-0.1, -0.05) is 0 Å². The fraction of sp³-hybridized carbons (Fsp3) is 0.286. The van der Waals surface area contributed by atoms with Crippen molar-refractivity contribution in [3.63, 3.8) is 0 Å². The van der Waals surface area contributed by atoms with Crippen LogP contribution in [-0.4, -0.2) is 23.6 Å². The highest BCUT2D eigenvalue weighted by atomic mass is 19.1. The third kappa shape index (κ3) is 3.19. The van der Waals surface area contributed by atoms with Gasteiger partial charge in [-0.3, -0.25) is 0 Å². The van der Waals surface area contributed by atoms with Gasteiger partial charge in [0.1, 0.15) is 23.3 Å². The van der Waals surface area contributed by atoms with Gasteiger partial charge >= 0.3 is 0 Å². The molecule has 0 spiro atoms. The molecule has 0 unspecified atom stereocenters. The molecule has 4 nitrogen and oxygen atoms in total. The molecule has 19 heavy (non-hydrogen) atoms. The maximum Gasteiger partial charge on any atom is 0.138 e. The molecular formula is C14H17FN4. The highest BCUT2D eigenvalue weighted by Gasteiger charge is 2.08. The van der Waals surface area contributed by atoms with Crippen molar-refractivity contribution in [3.05, 3.63) is 42.0 Å². The summed E-state index contributed by atoms with van der Waals surface area (Å²) in [5, 5.41) is 3.17. The SMILES string of the molecule is CCNc1cc(N(C)c2ccc(F)cc2)nc(C)n1. The van der Waals surface area contributed by atoms with Gasteiger partial charge in [-0.05, 0) is 38.1 Å². The Bertz CT molecular complexity index is 554. The molecule has 0 saturated heterocycles. The van der Waals surface area contributed by atoms with E-state index >= 15 is 0 Å². The van der Waals surface area contributed by atoms with Crippen LogP contribution in [0.25, 0.3) is 0 Å². The number of hydrogen-bond donors (Lipinski definition) is 1. The maximum atomic E-state index is 12.9. The highest BCUT2D eigenvalue weighted by molar-refractivity contribution is 5.61. The van der Waals surface area contributed by atoms with Crippen LogP contribution in [0.3, 0.4) is 0 Å². The van der Waals surface area contributed by atoms with E-state index in [-0.39, 0.29) is 5.82 Å². The Morgan fingerprint density at radius 1 is 1.21 bits per heavy atom. The predicted octanol–water partition coefficient (Wildman–Crippen LogP) is 3.12. The zero-order chi connectivity index (χ0) is 13.8. The van der Waals surface area contributed by atoms with Gasteiger partial charge in [0.25, 0.3) is 0 Å². The van der Waals surface area contributed by atoms with Gasteiger partial charge in [-0.25, -0.2) is 14.4 Å². The lowest BCUT2D eigenvalue weighted by Crippen LogP contribution is -2.13. The number of anilines is 3. The van der Waals surface area contributed by atoms with Crippen LogP contribution in [-0.2, 0) is 0 Å². The van der Waals surface area contributed by atoms with Gasteiger partial charge < -0.3 is 10.2 Å². The summed E-state index contributed by atoms with van der Waals surface area (Å²) in [6.45, 7) is 4.67. The van der Waals surface area contributed by atoms with Crippen LogP contribution >= 0.6 is 0 Å². The lowest BCUT2D eigenvalue weighted by Gasteiger charge is -2.19. The van der Waals surface area contributed by atoms with Crippen molar-refractivity contribution in [2.24, 2.45) is 0 Å². The molecule has 0 aliphatic carbocycles. The minimum atomic E-state index is -0.246. The molecule has 1 heterocycles. The Hall–Kier alpha value is -2.17. The van der Waals surface area contributed by atoms with Crippen LogP contribution in [0.5, 0.6) is 0 Å². The Labute approximate surface area is 112 Å². The predicted molar refractivity (Wildman–Crippen MR) is 75.4 cm³/mol. The standard InChI is InChI=1S/C14H17FN4/c1-4-16-13-9-14(18-10(2)17-13)19(3)12-7-5-11(15)6-8-12/h5-9H,4H2,1-3H3,(H,16,17,18). The maximum absolute atomic E-state index is 12.9. The van der Waals surface area contributed by atoms with Crippen molar-refractivity contribution < 1.29 is 4.39 Å². The van der Waals surface area contributed by atoms with Gasteiger partial charge in [-0.15, -0.1) is 0 Å². The van der Waals surface area contributed by atoms with Gasteiger partial charge in [0, 0.05) is 25.3 Å². The summed E-state index contributed by atoms with van der Waals surface area (Å²) in [5.41, 5.74) is 0.877. The summed E-state index contributed by atoms with van der Waals surface area (Å²) >= 11 is 0. The van der Waals surface area contributed by atoms with E-state index in [1.54, 1.807) is 12.1 Å². The summed E-state index contributed by atoms with van der Waals surface area (Å²) in [4.78, 5) is 10.6. The average molecular weight is 260 g/mol. The van der Waals surface area contributed by atoms with E-state index in [0.717, 1.165) is 23.9 Å². The number of rotatable bonds is 4. The lowest BCUT2D eigenvalue weighted by molar-refractivity contribution is 0.628. The van der Waals surface area contributed by atoms with Crippen LogP contribution in [0.4, 0.5) is 21.7 Å². The summed E-state index contributed by atoms with van der Waals surface area (Å²) in [6.07, 6.45) is 0. The van der Waals surface area contributed by atoms with Crippen LogP contribution in [0.2, 0.25) is 0 Å². The topological polar surface area (TPSA) is 41.0 Å². The Balaban J connectivity index is 2.32. The van der Waals surface area contributed by atoms with Crippen molar-refractivity contribution >= 4 is 17.3 Å². The van der Waals surface area contributed by atoms with E-state index in [2.05, 4.69) is 15.3 Å². The second-order valence-corrected chi connectivity index (χ2v) is 4.22. The van der Waals surface area contributed by atoms with E-state index in [1.165, 1.54) is 12.1 Å². The van der Waals surface area contributed by atoms with Crippen molar-refractivity contribution in [2.45, 2.75) is 13.8 Å². The molecule has 0 bridgehead atoms. The summed E-state index contributed by atoms with van der Waals surface area (Å²) in [7, 11) is 1.89. The molecule has 1 aromatic heterocycles. The molecule has 0 atom stereocenters.